The summed E-state index contributed by atoms with van der Waals surface area (Å²) in [7, 11) is 0. The number of hydrogen-bond acceptors (Lipinski definition) is 3. The third-order valence-electron chi connectivity index (χ3n) is 1.69. The number of ether oxygens (including phenoxy) is 1. The van der Waals surface area contributed by atoms with Gasteiger partial charge in [-0.3, -0.25) is 9.59 Å². The van der Waals surface area contributed by atoms with Gasteiger partial charge in [0, 0.05) is 6.20 Å². The molecule has 0 unspecified atom stereocenters. The SMILES string of the molecule is CC(C)(C)OC(=O)Cn1cccc(Br)c1=O. The molecule has 0 spiro atoms. The second-order valence-corrected chi connectivity index (χ2v) is 5.23. The van der Waals surface area contributed by atoms with E-state index in [1.807, 2.05) is 0 Å². The van der Waals surface area contributed by atoms with Gasteiger partial charge in [0.25, 0.3) is 5.56 Å². The van der Waals surface area contributed by atoms with Gasteiger partial charge in [0.05, 0.1) is 4.47 Å². The van der Waals surface area contributed by atoms with Crippen molar-refractivity contribution >= 4 is 21.9 Å². The zero-order valence-electron chi connectivity index (χ0n) is 9.49. The van der Waals surface area contributed by atoms with E-state index < -0.39 is 11.6 Å². The Bertz CT molecular complexity index is 445. The van der Waals surface area contributed by atoms with Crippen LogP contribution in [0.1, 0.15) is 20.8 Å². The monoisotopic (exact) mass is 287 g/mol. The zero-order valence-corrected chi connectivity index (χ0v) is 11.1. The Hall–Kier alpha value is -1.10. The fourth-order valence-corrected chi connectivity index (χ4v) is 1.53. The first-order chi connectivity index (χ1) is 7.29. The Morgan fingerprint density at radius 3 is 2.69 bits per heavy atom. The third-order valence-corrected chi connectivity index (χ3v) is 2.30. The molecule has 0 atom stereocenters. The highest BCUT2D eigenvalue weighted by atomic mass is 79.9. The Labute approximate surface area is 102 Å². The number of carbonyl (C=O) groups is 1. The largest absolute Gasteiger partial charge is 0.459 e. The van der Waals surface area contributed by atoms with E-state index >= 15 is 0 Å². The molecule has 1 rings (SSSR count). The van der Waals surface area contributed by atoms with Crippen molar-refractivity contribution < 1.29 is 9.53 Å². The smallest absolute Gasteiger partial charge is 0.326 e. The summed E-state index contributed by atoms with van der Waals surface area (Å²) in [6, 6.07) is 3.32. The molecule has 1 aromatic heterocycles. The predicted molar refractivity (Wildman–Crippen MR) is 64.2 cm³/mol. The van der Waals surface area contributed by atoms with Gasteiger partial charge < -0.3 is 9.30 Å². The molecule has 88 valence electrons. The topological polar surface area (TPSA) is 48.3 Å². The normalized spacial score (nSPS) is 11.2. The minimum atomic E-state index is -0.535. The maximum absolute atomic E-state index is 11.6. The van der Waals surface area contributed by atoms with Gasteiger partial charge >= 0.3 is 5.97 Å². The van der Waals surface area contributed by atoms with E-state index in [2.05, 4.69) is 15.9 Å². The third kappa shape index (κ3) is 3.81. The summed E-state index contributed by atoms with van der Waals surface area (Å²) in [6.07, 6.45) is 1.55. The quantitative estimate of drug-likeness (QED) is 0.781. The lowest BCUT2D eigenvalue weighted by molar-refractivity contribution is -0.155. The summed E-state index contributed by atoms with van der Waals surface area (Å²) in [6.45, 7) is 5.29. The minimum Gasteiger partial charge on any atom is -0.459 e. The molecule has 1 aromatic rings. The van der Waals surface area contributed by atoms with Crippen LogP contribution >= 0.6 is 15.9 Å². The van der Waals surface area contributed by atoms with Gasteiger partial charge in [-0.05, 0) is 48.8 Å². The molecular formula is C11H14BrNO3. The number of pyridine rings is 1. The number of carbonyl (C=O) groups excluding carboxylic acids is 1. The summed E-state index contributed by atoms with van der Waals surface area (Å²) >= 11 is 3.11. The van der Waals surface area contributed by atoms with E-state index in [0.29, 0.717) is 4.47 Å². The molecular weight excluding hydrogens is 274 g/mol. The summed E-state index contributed by atoms with van der Waals surface area (Å²) in [4.78, 5) is 23.1. The molecule has 0 aliphatic heterocycles. The van der Waals surface area contributed by atoms with Gasteiger partial charge in [0.2, 0.25) is 0 Å². The Kier molecular flexibility index (Phi) is 3.91. The van der Waals surface area contributed by atoms with Crippen molar-refractivity contribution in [3.05, 3.63) is 33.2 Å². The Balaban J connectivity index is 2.78. The highest BCUT2D eigenvalue weighted by Crippen LogP contribution is 2.07. The molecule has 4 nitrogen and oxygen atoms in total. The molecule has 0 fully saturated rings. The molecule has 0 radical (unpaired) electrons. The van der Waals surface area contributed by atoms with Crippen LogP contribution in [0.25, 0.3) is 0 Å². The molecule has 0 saturated carbocycles. The number of nitrogens with zero attached hydrogens (tertiary/aromatic N) is 1. The van der Waals surface area contributed by atoms with Crippen molar-refractivity contribution in [1.29, 1.82) is 0 Å². The predicted octanol–water partition coefficient (Wildman–Crippen LogP) is 1.95. The van der Waals surface area contributed by atoms with Crippen LogP contribution in [-0.4, -0.2) is 16.1 Å². The van der Waals surface area contributed by atoms with Crippen LogP contribution in [-0.2, 0) is 16.1 Å². The number of aromatic nitrogens is 1. The lowest BCUT2D eigenvalue weighted by Crippen LogP contribution is -2.30. The van der Waals surface area contributed by atoms with E-state index in [9.17, 15) is 9.59 Å². The van der Waals surface area contributed by atoms with Crippen LogP contribution in [0.5, 0.6) is 0 Å². The van der Waals surface area contributed by atoms with Gasteiger partial charge in [0.1, 0.15) is 12.1 Å². The molecule has 0 amide bonds. The molecule has 5 heteroatoms. The van der Waals surface area contributed by atoms with Crippen LogP contribution in [0, 0.1) is 0 Å². The van der Waals surface area contributed by atoms with Gasteiger partial charge in [-0.2, -0.15) is 0 Å². The van der Waals surface area contributed by atoms with Crippen LogP contribution < -0.4 is 5.56 Å². The van der Waals surface area contributed by atoms with E-state index in [-0.39, 0.29) is 12.1 Å². The summed E-state index contributed by atoms with van der Waals surface area (Å²) in [5.41, 5.74) is -0.777. The molecule has 1 heterocycles. The minimum absolute atomic E-state index is 0.0739. The maximum atomic E-state index is 11.6. The van der Waals surface area contributed by atoms with Crippen molar-refractivity contribution in [2.24, 2.45) is 0 Å². The summed E-state index contributed by atoms with van der Waals surface area (Å²) in [5.74, 6) is -0.423. The summed E-state index contributed by atoms with van der Waals surface area (Å²) in [5, 5.41) is 0. The van der Waals surface area contributed by atoms with Crippen molar-refractivity contribution in [2.45, 2.75) is 32.9 Å². The van der Waals surface area contributed by atoms with Gasteiger partial charge in [-0.1, -0.05) is 0 Å². The van der Waals surface area contributed by atoms with Gasteiger partial charge in [-0.25, -0.2) is 0 Å². The van der Waals surface area contributed by atoms with Crippen LogP contribution in [0.4, 0.5) is 0 Å². The Morgan fingerprint density at radius 2 is 2.12 bits per heavy atom. The van der Waals surface area contributed by atoms with E-state index in [0.717, 1.165) is 0 Å². The molecule has 0 N–H and O–H groups in total. The van der Waals surface area contributed by atoms with E-state index in [1.54, 1.807) is 39.1 Å². The second kappa shape index (κ2) is 4.82. The second-order valence-electron chi connectivity index (χ2n) is 4.38. The number of halogens is 1. The first kappa shape index (κ1) is 13.0. The van der Waals surface area contributed by atoms with Crippen molar-refractivity contribution in [3.8, 4) is 0 Å². The zero-order chi connectivity index (χ0) is 12.3. The van der Waals surface area contributed by atoms with Gasteiger partial charge in [-0.15, -0.1) is 0 Å². The number of esters is 1. The molecule has 0 bridgehead atoms. The number of hydrogen-bond donors (Lipinski definition) is 0. The summed E-state index contributed by atoms with van der Waals surface area (Å²) < 4.78 is 6.86. The maximum Gasteiger partial charge on any atom is 0.326 e. The average molecular weight is 288 g/mol. The lowest BCUT2D eigenvalue weighted by Gasteiger charge is -2.19. The highest BCUT2D eigenvalue weighted by Gasteiger charge is 2.16. The van der Waals surface area contributed by atoms with Crippen molar-refractivity contribution in [1.82, 2.24) is 4.57 Å². The standard InChI is InChI=1S/C11H14BrNO3/c1-11(2,3)16-9(14)7-13-6-4-5-8(12)10(13)15/h4-6H,7H2,1-3H3. The average Bonchev–Trinajstić information content (AvgIpc) is 2.09. The molecule has 16 heavy (non-hydrogen) atoms. The van der Waals surface area contributed by atoms with E-state index in [4.69, 9.17) is 4.74 Å². The fraction of sp³-hybridized carbons (Fsp3) is 0.455. The van der Waals surface area contributed by atoms with Gasteiger partial charge in [0.15, 0.2) is 0 Å². The molecule has 0 aromatic carbocycles. The van der Waals surface area contributed by atoms with Crippen molar-refractivity contribution in [2.75, 3.05) is 0 Å². The molecule has 0 aliphatic rings. The van der Waals surface area contributed by atoms with E-state index in [1.165, 1.54) is 4.57 Å². The van der Waals surface area contributed by atoms with Crippen LogP contribution in [0.15, 0.2) is 27.6 Å². The molecule has 0 saturated heterocycles. The first-order valence-electron chi connectivity index (χ1n) is 4.86. The Morgan fingerprint density at radius 1 is 1.50 bits per heavy atom. The molecule has 0 aliphatic carbocycles. The highest BCUT2D eigenvalue weighted by molar-refractivity contribution is 9.10. The lowest BCUT2D eigenvalue weighted by atomic mass is 10.2. The fourth-order valence-electron chi connectivity index (χ4n) is 1.14. The first-order valence-corrected chi connectivity index (χ1v) is 5.66. The van der Waals surface area contributed by atoms with Crippen LogP contribution in [0.3, 0.4) is 0 Å². The van der Waals surface area contributed by atoms with Crippen molar-refractivity contribution in [3.63, 3.8) is 0 Å². The number of rotatable bonds is 2. The van der Waals surface area contributed by atoms with Crippen LogP contribution in [0.2, 0.25) is 0 Å².